The summed E-state index contributed by atoms with van der Waals surface area (Å²) in [5.74, 6) is -2.98. The highest BCUT2D eigenvalue weighted by Gasteiger charge is 2.15. The molecule has 5 nitrogen and oxygen atoms in total. The Morgan fingerprint density at radius 1 is 1.00 bits per heavy atom. The van der Waals surface area contributed by atoms with E-state index in [2.05, 4.69) is 15.3 Å². The first kappa shape index (κ1) is 15.0. The normalized spacial score (nSPS) is 10.8. The Hall–Kier alpha value is -2.90. The highest BCUT2D eigenvalue weighted by molar-refractivity contribution is 5.82. The van der Waals surface area contributed by atoms with Gasteiger partial charge in [0, 0.05) is 12.1 Å². The van der Waals surface area contributed by atoms with Crippen LogP contribution in [0.5, 0.6) is 11.5 Å². The molecule has 8 heteroatoms. The van der Waals surface area contributed by atoms with Gasteiger partial charge >= 0.3 is 0 Å². The summed E-state index contributed by atoms with van der Waals surface area (Å²) in [6, 6.07) is 5.21. The van der Waals surface area contributed by atoms with E-state index in [0.717, 1.165) is 12.1 Å². The van der Waals surface area contributed by atoms with Crippen LogP contribution in [0.4, 0.5) is 24.8 Å². The Morgan fingerprint density at radius 2 is 1.70 bits per heavy atom. The number of hydrogen-bond donors (Lipinski definition) is 2. The number of rotatable bonds is 4. The van der Waals surface area contributed by atoms with Crippen LogP contribution >= 0.6 is 0 Å². The standard InChI is InChI=1S/C15H12F3N3O2/c1-22-11-5-9-10(6-12(11)23-2)21-15(20-9)19-8-4-3-7(16)13(17)14(8)18/h3-6H,1-2H3,(H2,19,20,21). The quantitative estimate of drug-likeness (QED) is 0.718. The van der Waals surface area contributed by atoms with E-state index < -0.39 is 17.5 Å². The molecule has 0 aliphatic rings. The molecule has 0 fully saturated rings. The van der Waals surface area contributed by atoms with Crippen LogP contribution in [-0.2, 0) is 0 Å². The summed E-state index contributed by atoms with van der Waals surface area (Å²) in [5, 5.41) is 2.57. The fourth-order valence-electron chi connectivity index (χ4n) is 2.15. The van der Waals surface area contributed by atoms with Gasteiger partial charge in [0.25, 0.3) is 0 Å². The Labute approximate surface area is 129 Å². The third kappa shape index (κ3) is 2.63. The third-order valence-electron chi connectivity index (χ3n) is 3.28. The lowest BCUT2D eigenvalue weighted by atomic mass is 10.3. The first-order valence-electron chi connectivity index (χ1n) is 6.55. The predicted octanol–water partition coefficient (Wildman–Crippen LogP) is 3.74. The number of nitrogens with zero attached hydrogens (tertiary/aromatic N) is 1. The third-order valence-corrected chi connectivity index (χ3v) is 3.28. The van der Waals surface area contributed by atoms with Gasteiger partial charge in [-0.3, -0.25) is 0 Å². The lowest BCUT2D eigenvalue weighted by Gasteiger charge is -2.06. The van der Waals surface area contributed by atoms with Crippen LogP contribution in [-0.4, -0.2) is 24.2 Å². The lowest BCUT2D eigenvalue weighted by Crippen LogP contribution is -1.99. The molecule has 1 heterocycles. The van der Waals surface area contributed by atoms with Gasteiger partial charge in [-0.05, 0) is 12.1 Å². The van der Waals surface area contributed by atoms with Crippen molar-refractivity contribution >= 4 is 22.7 Å². The highest BCUT2D eigenvalue weighted by atomic mass is 19.2. The fraction of sp³-hybridized carbons (Fsp3) is 0.133. The molecule has 0 aliphatic carbocycles. The number of anilines is 2. The molecule has 1 aromatic heterocycles. The molecule has 120 valence electrons. The topological polar surface area (TPSA) is 59.2 Å². The molecule has 0 saturated carbocycles. The van der Waals surface area contributed by atoms with Crippen LogP contribution in [0.25, 0.3) is 11.0 Å². The second-order valence-electron chi connectivity index (χ2n) is 4.66. The molecular weight excluding hydrogens is 311 g/mol. The summed E-state index contributed by atoms with van der Waals surface area (Å²) in [5.41, 5.74) is 0.906. The van der Waals surface area contributed by atoms with Crippen molar-refractivity contribution < 1.29 is 22.6 Å². The molecule has 0 radical (unpaired) electrons. The van der Waals surface area contributed by atoms with E-state index in [1.165, 1.54) is 14.2 Å². The van der Waals surface area contributed by atoms with Gasteiger partial charge in [-0.2, -0.15) is 0 Å². The van der Waals surface area contributed by atoms with Crippen molar-refractivity contribution in [3.05, 3.63) is 41.7 Å². The number of benzene rings is 2. The zero-order valence-corrected chi connectivity index (χ0v) is 12.2. The molecule has 0 bridgehead atoms. The van der Waals surface area contributed by atoms with Crippen molar-refractivity contribution in [3.8, 4) is 11.5 Å². The number of H-pyrrole nitrogens is 1. The van der Waals surface area contributed by atoms with Crippen molar-refractivity contribution in [2.45, 2.75) is 0 Å². The van der Waals surface area contributed by atoms with Crippen LogP contribution in [0.3, 0.4) is 0 Å². The molecule has 23 heavy (non-hydrogen) atoms. The summed E-state index contributed by atoms with van der Waals surface area (Å²) in [4.78, 5) is 7.09. The van der Waals surface area contributed by atoms with Gasteiger partial charge in [0.1, 0.15) is 0 Å². The number of fused-ring (bicyclic) bond motifs is 1. The molecule has 0 unspecified atom stereocenters. The largest absolute Gasteiger partial charge is 0.493 e. The number of aromatic nitrogens is 2. The lowest BCUT2D eigenvalue weighted by molar-refractivity contribution is 0.356. The monoisotopic (exact) mass is 323 g/mol. The number of imidazole rings is 1. The second-order valence-corrected chi connectivity index (χ2v) is 4.66. The van der Waals surface area contributed by atoms with Crippen molar-refractivity contribution in [2.24, 2.45) is 0 Å². The van der Waals surface area contributed by atoms with Crippen molar-refractivity contribution in [1.82, 2.24) is 9.97 Å². The minimum absolute atomic E-state index is 0.167. The molecule has 0 aliphatic heterocycles. The van der Waals surface area contributed by atoms with E-state index in [4.69, 9.17) is 9.47 Å². The zero-order valence-electron chi connectivity index (χ0n) is 12.2. The van der Waals surface area contributed by atoms with Gasteiger partial charge in [-0.15, -0.1) is 0 Å². The van der Waals surface area contributed by atoms with Crippen LogP contribution in [0, 0.1) is 17.5 Å². The predicted molar refractivity (Wildman–Crippen MR) is 78.8 cm³/mol. The first-order valence-corrected chi connectivity index (χ1v) is 6.55. The highest BCUT2D eigenvalue weighted by Crippen LogP contribution is 2.32. The summed E-state index contributed by atoms with van der Waals surface area (Å²) in [6.07, 6.45) is 0. The number of halogens is 3. The van der Waals surface area contributed by atoms with E-state index >= 15 is 0 Å². The van der Waals surface area contributed by atoms with Crippen LogP contribution in [0.1, 0.15) is 0 Å². The Kier molecular flexibility index (Phi) is 3.73. The smallest absolute Gasteiger partial charge is 0.205 e. The number of hydrogen-bond acceptors (Lipinski definition) is 4. The number of aromatic amines is 1. The molecular formula is C15H12F3N3O2. The summed E-state index contributed by atoms with van der Waals surface area (Å²) in [7, 11) is 2.99. The van der Waals surface area contributed by atoms with Gasteiger partial charge in [0.2, 0.25) is 5.95 Å². The maximum absolute atomic E-state index is 13.7. The minimum atomic E-state index is -1.55. The van der Waals surface area contributed by atoms with Crippen molar-refractivity contribution in [3.63, 3.8) is 0 Å². The van der Waals surface area contributed by atoms with Crippen molar-refractivity contribution in [1.29, 1.82) is 0 Å². The molecule has 2 aromatic carbocycles. The molecule has 3 aromatic rings. The van der Waals surface area contributed by atoms with E-state index in [1.807, 2.05) is 0 Å². The van der Waals surface area contributed by atoms with Crippen LogP contribution in [0.15, 0.2) is 24.3 Å². The second kappa shape index (κ2) is 5.71. The maximum Gasteiger partial charge on any atom is 0.205 e. The molecule has 0 amide bonds. The van der Waals surface area contributed by atoms with E-state index in [-0.39, 0.29) is 11.6 Å². The summed E-state index contributed by atoms with van der Waals surface area (Å²) < 4.78 is 50.2. The molecule has 3 rings (SSSR count). The molecule has 0 saturated heterocycles. The zero-order chi connectivity index (χ0) is 16.6. The first-order chi connectivity index (χ1) is 11.0. The van der Waals surface area contributed by atoms with Crippen LogP contribution < -0.4 is 14.8 Å². The Morgan fingerprint density at radius 3 is 2.39 bits per heavy atom. The minimum Gasteiger partial charge on any atom is -0.493 e. The van der Waals surface area contributed by atoms with Gasteiger partial charge in [0.15, 0.2) is 29.0 Å². The average molecular weight is 323 g/mol. The van der Waals surface area contributed by atoms with E-state index in [9.17, 15) is 13.2 Å². The molecule has 0 spiro atoms. The van der Waals surface area contributed by atoms with Gasteiger partial charge in [-0.25, -0.2) is 18.2 Å². The van der Waals surface area contributed by atoms with Gasteiger partial charge in [0.05, 0.1) is 30.9 Å². The number of nitrogens with one attached hydrogen (secondary N) is 2. The van der Waals surface area contributed by atoms with Gasteiger partial charge in [-0.1, -0.05) is 0 Å². The fourth-order valence-corrected chi connectivity index (χ4v) is 2.15. The Bertz CT molecular complexity index is 839. The Balaban J connectivity index is 2.00. The summed E-state index contributed by atoms with van der Waals surface area (Å²) in [6.45, 7) is 0. The van der Waals surface area contributed by atoms with Gasteiger partial charge < -0.3 is 19.8 Å². The number of methoxy groups -OCH3 is 2. The number of ether oxygens (including phenoxy) is 2. The maximum atomic E-state index is 13.7. The average Bonchev–Trinajstić information content (AvgIpc) is 2.95. The van der Waals surface area contributed by atoms with Crippen molar-refractivity contribution in [2.75, 3.05) is 19.5 Å². The SMILES string of the molecule is COc1cc2nc(Nc3ccc(F)c(F)c3F)[nH]c2cc1OC. The molecule has 2 N–H and O–H groups in total. The van der Waals surface area contributed by atoms with E-state index in [0.29, 0.717) is 22.5 Å². The van der Waals surface area contributed by atoms with E-state index in [1.54, 1.807) is 12.1 Å². The van der Waals surface area contributed by atoms with Crippen LogP contribution in [0.2, 0.25) is 0 Å². The summed E-state index contributed by atoms with van der Waals surface area (Å²) >= 11 is 0. The molecule has 0 atom stereocenters.